The van der Waals surface area contributed by atoms with Crippen molar-refractivity contribution in [2.45, 2.75) is 43.5 Å². The smallest absolute Gasteiger partial charge is 0.392 e. The Morgan fingerprint density at radius 2 is 1.71 bits per heavy atom. The molecule has 0 saturated heterocycles. The van der Waals surface area contributed by atoms with Crippen LogP contribution in [0.25, 0.3) is 0 Å². The third-order valence-electron chi connectivity index (χ3n) is 3.25. The average Bonchev–Trinajstić information content (AvgIpc) is 2.42. The van der Waals surface area contributed by atoms with Crippen molar-refractivity contribution in [2.24, 2.45) is 0 Å². The Bertz CT molecular complexity index is 502. The summed E-state index contributed by atoms with van der Waals surface area (Å²) in [6, 6.07) is 5.17. The zero-order valence-electron chi connectivity index (χ0n) is 11.4. The molecular formula is C14H16ClF3O3. The van der Waals surface area contributed by atoms with Crippen LogP contribution in [0.2, 0.25) is 0 Å². The number of aliphatic hydroxyl groups excluding tert-OH is 2. The molecule has 0 heterocycles. The fourth-order valence-corrected chi connectivity index (χ4v) is 2.22. The molecule has 118 valence electrons. The van der Waals surface area contributed by atoms with E-state index in [4.69, 9.17) is 11.6 Å². The van der Waals surface area contributed by atoms with Gasteiger partial charge in [0, 0.05) is 11.5 Å². The van der Waals surface area contributed by atoms with E-state index < -0.39 is 41.0 Å². The van der Waals surface area contributed by atoms with Gasteiger partial charge in [-0.15, -0.1) is 11.6 Å². The SMILES string of the molecule is CC(O)C(Cl)C(O)C(C)c1ccccc1C(=O)C(F)(F)F. The summed E-state index contributed by atoms with van der Waals surface area (Å²) in [5.41, 5.74) is -0.482. The number of aliphatic hydroxyl groups is 2. The maximum atomic E-state index is 12.6. The van der Waals surface area contributed by atoms with Crippen LogP contribution in [0.3, 0.4) is 0 Å². The van der Waals surface area contributed by atoms with Crippen LogP contribution in [0.1, 0.15) is 35.7 Å². The van der Waals surface area contributed by atoms with E-state index in [2.05, 4.69) is 0 Å². The van der Waals surface area contributed by atoms with Gasteiger partial charge in [0.2, 0.25) is 0 Å². The van der Waals surface area contributed by atoms with Crippen molar-refractivity contribution < 1.29 is 28.2 Å². The minimum absolute atomic E-state index is 0.0404. The lowest BCUT2D eigenvalue weighted by Crippen LogP contribution is -2.35. The largest absolute Gasteiger partial charge is 0.454 e. The molecule has 2 N–H and O–H groups in total. The summed E-state index contributed by atoms with van der Waals surface area (Å²) in [5, 5.41) is 18.3. The summed E-state index contributed by atoms with van der Waals surface area (Å²) in [4.78, 5) is 11.4. The predicted octanol–water partition coefficient (Wildman–Crippen LogP) is 2.88. The average molecular weight is 325 g/mol. The first kappa shape index (κ1) is 17.9. The standard InChI is InChI=1S/C14H16ClF3O3/c1-7(12(20)11(15)8(2)19)9-5-3-4-6-10(9)13(21)14(16,17)18/h3-8,11-12,19-20H,1-2H3. The molecule has 1 aromatic rings. The topological polar surface area (TPSA) is 57.5 Å². The van der Waals surface area contributed by atoms with E-state index in [1.54, 1.807) is 0 Å². The van der Waals surface area contributed by atoms with E-state index in [9.17, 15) is 28.2 Å². The predicted molar refractivity (Wildman–Crippen MR) is 72.6 cm³/mol. The maximum Gasteiger partial charge on any atom is 0.454 e. The van der Waals surface area contributed by atoms with Crippen molar-refractivity contribution in [1.29, 1.82) is 0 Å². The Balaban J connectivity index is 3.17. The van der Waals surface area contributed by atoms with E-state index in [-0.39, 0.29) is 5.56 Å². The highest BCUT2D eigenvalue weighted by atomic mass is 35.5. The Morgan fingerprint density at radius 1 is 1.19 bits per heavy atom. The normalized spacial score (nSPS) is 17.9. The number of carbonyl (C=O) groups excluding carboxylic acids is 1. The second-order valence-corrected chi connectivity index (χ2v) is 5.38. The van der Waals surface area contributed by atoms with Crippen LogP contribution < -0.4 is 0 Å². The summed E-state index contributed by atoms with van der Waals surface area (Å²) in [6.45, 7) is 2.81. The van der Waals surface area contributed by atoms with Crippen molar-refractivity contribution in [1.82, 2.24) is 0 Å². The molecule has 0 fully saturated rings. The van der Waals surface area contributed by atoms with Gasteiger partial charge in [0.1, 0.15) is 0 Å². The number of hydrogen-bond donors (Lipinski definition) is 2. The van der Waals surface area contributed by atoms with Crippen LogP contribution in [0, 0.1) is 0 Å². The first-order valence-electron chi connectivity index (χ1n) is 6.28. The Hall–Kier alpha value is -1.11. The quantitative estimate of drug-likeness (QED) is 0.647. The number of benzene rings is 1. The lowest BCUT2D eigenvalue weighted by molar-refractivity contribution is -0.0886. The van der Waals surface area contributed by atoms with E-state index >= 15 is 0 Å². The molecule has 1 aromatic carbocycles. The number of ketones is 1. The second kappa shape index (κ2) is 6.77. The van der Waals surface area contributed by atoms with Gasteiger partial charge in [-0.05, 0) is 12.5 Å². The van der Waals surface area contributed by atoms with Gasteiger partial charge in [0.15, 0.2) is 0 Å². The van der Waals surface area contributed by atoms with E-state index in [0.717, 1.165) is 6.07 Å². The Kier molecular flexibility index (Phi) is 5.78. The van der Waals surface area contributed by atoms with Gasteiger partial charge in [-0.25, -0.2) is 0 Å². The van der Waals surface area contributed by atoms with Crippen molar-refractivity contribution in [2.75, 3.05) is 0 Å². The highest BCUT2D eigenvalue weighted by Crippen LogP contribution is 2.31. The van der Waals surface area contributed by atoms with Gasteiger partial charge < -0.3 is 10.2 Å². The molecule has 21 heavy (non-hydrogen) atoms. The molecule has 0 aromatic heterocycles. The molecule has 0 aliphatic heterocycles. The molecule has 7 heteroatoms. The molecule has 0 saturated carbocycles. The molecule has 0 amide bonds. The summed E-state index contributed by atoms with van der Waals surface area (Å²) in [6.07, 6.45) is -7.34. The maximum absolute atomic E-state index is 12.6. The highest BCUT2D eigenvalue weighted by molar-refractivity contribution is 6.21. The molecule has 1 rings (SSSR count). The second-order valence-electron chi connectivity index (χ2n) is 4.88. The summed E-state index contributed by atoms with van der Waals surface area (Å²) >= 11 is 5.83. The minimum atomic E-state index is -4.99. The van der Waals surface area contributed by atoms with Gasteiger partial charge in [-0.3, -0.25) is 4.79 Å². The first-order valence-corrected chi connectivity index (χ1v) is 6.71. The van der Waals surface area contributed by atoms with Gasteiger partial charge >= 0.3 is 6.18 Å². The van der Waals surface area contributed by atoms with Gasteiger partial charge in [-0.1, -0.05) is 31.2 Å². The van der Waals surface area contributed by atoms with Crippen molar-refractivity contribution in [3.05, 3.63) is 35.4 Å². The van der Waals surface area contributed by atoms with E-state index in [1.165, 1.54) is 32.0 Å². The van der Waals surface area contributed by atoms with Crippen molar-refractivity contribution >= 4 is 17.4 Å². The fourth-order valence-electron chi connectivity index (χ4n) is 2.00. The fraction of sp³-hybridized carbons (Fsp3) is 0.500. The zero-order chi connectivity index (χ0) is 16.4. The lowest BCUT2D eigenvalue weighted by Gasteiger charge is -2.26. The van der Waals surface area contributed by atoms with Crippen LogP contribution in [0.15, 0.2) is 24.3 Å². The third-order valence-corrected chi connectivity index (χ3v) is 3.88. The van der Waals surface area contributed by atoms with E-state index in [0.29, 0.717) is 0 Å². The zero-order valence-corrected chi connectivity index (χ0v) is 12.2. The van der Waals surface area contributed by atoms with Gasteiger partial charge in [0.05, 0.1) is 17.6 Å². The molecule has 0 bridgehead atoms. The monoisotopic (exact) mass is 324 g/mol. The van der Waals surface area contributed by atoms with Crippen LogP contribution in [0.4, 0.5) is 13.2 Å². The van der Waals surface area contributed by atoms with Crippen LogP contribution in [-0.4, -0.2) is 39.8 Å². The molecule has 0 aliphatic rings. The molecular weight excluding hydrogens is 309 g/mol. The molecule has 4 unspecified atom stereocenters. The van der Waals surface area contributed by atoms with Gasteiger partial charge in [-0.2, -0.15) is 13.2 Å². The highest BCUT2D eigenvalue weighted by Gasteiger charge is 2.41. The Morgan fingerprint density at radius 3 is 2.19 bits per heavy atom. The summed E-state index contributed by atoms with van der Waals surface area (Å²) in [7, 11) is 0. The number of Topliss-reactive ketones (excluding diaryl/α,β-unsaturated/α-hetero) is 1. The number of rotatable bonds is 5. The number of halogens is 4. The molecule has 0 aliphatic carbocycles. The molecule has 3 nitrogen and oxygen atoms in total. The Labute approximate surface area is 125 Å². The summed E-state index contributed by atoms with van der Waals surface area (Å²) in [5.74, 6) is -2.81. The van der Waals surface area contributed by atoms with Crippen molar-refractivity contribution in [3.8, 4) is 0 Å². The number of hydrogen-bond acceptors (Lipinski definition) is 3. The minimum Gasteiger partial charge on any atom is -0.392 e. The molecule has 0 spiro atoms. The van der Waals surface area contributed by atoms with E-state index in [1.807, 2.05) is 0 Å². The van der Waals surface area contributed by atoms with Crippen LogP contribution in [-0.2, 0) is 0 Å². The first-order chi connectivity index (χ1) is 9.57. The lowest BCUT2D eigenvalue weighted by atomic mass is 9.87. The van der Waals surface area contributed by atoms with Crippen LogP contribution in [0.5, 0.6) is 0 Å². The molecule has 4 atom stereocenters. The molecule has 0 radical (unpaired) electrons. The summed E-state index contributed by atoms with van der Waals surface area (Å²) < 4.78 is 37.8. The van der Waals surface area contributed by atoms with Crippen LogP contribution >= 0.6 is 11.6 Å². The third kappa shape index (κ3) is 4.18. The van der Waals surface area contributed by atoms with Crippen molar-refractivity contribution in [3.63, 3.8) is 0 Å². The number of carbonyl (C=O) groups is 1. The van der Waals surface area contributed by atoms with Gasteiger partial charge in [0.25, 0.3) is 5.78 Å². The number of alkyl halides is 4.